The van der Waals surface area contributed by atoms with E-state index in [0.29, 0.717) is 12.4 Å². The predicted octanol–water partition coefficient (Wildman–Crippen LogP) is 5.50. The van der Waals surface area contributed by atoms with Crippen molar-refractivity contribution in [2.75, 3.05) is 5.32 Å². The van der Waals surface area contributed by atoms with E-state index in [-0.39, 0.29) is 25.9 Å². The summed E-state index contributed by atoms with van der Waals surface area (Å²) in [6.45, 7) is 2.33. The first-order valence-corrected chi connectivity index (χ1v) is 8.97. The molecular formula is C17H12Cl4N4O. The minimum atomic E-state index is -0.565. The van der Waals surface area contributed by atoms with Crippen molar-refractivity contribution in [3.63, 3.8) is 0 Å². The molecule has 0 fully saturated rings. The third kappa shape index (κ3) is 3.96. The largest absolute Gasteiger partial charge is 0.305 e. The normalized spacial score (nSPS) is 10.8. The Bertz CT molecular complexity index is 973. The van der Waals surface area contributed by atoms with E-state index in [9.17, 15) is 4.79 Å². The topological polar surface area (TPSA) is 59.8 Å². The van der Waals surface area contributed by atoms with Crippen LogP contribution in [0, 0.1) is 6.92 Å². The number of pyridine rings is 1. The van der Waals surface area contributed by atoms with Crippen LogP contribution in [0.3, 0.4) is 0 Å². The second-order valence-corrected chi connectivity index (χ2v) is 6.95. The van der Waals surface area contributed by atoms with Gasteiger partial charge in [-0.25, -0.2) is 9.67 Å². The van der Waals surface area contributed by atoms with Crippen molar-refractivity contribution in [1.29, 1.82) is 0 Å². The van der Waals surface area contributed by atoms with Gasteiger partial charge in [0.1, 0.15) is 11.0 Å². The average Bonchev–Trinajstić information content (AvgIpc) is 2.96. The zero-order valence-electron chi connectivity index (χ0n) is 13.4. The summed E-state index contributed by atoms with van der Waals surface area (Å²) in [5.74, 6) is -0.0684. The Labute approximate surface area is 169 Å². The van der Waals surface area contributed by atoms with Crippen LogP contribution in [-0.4, -0.2) is 20.7 Å². The number of halogens is 4. The summed E-state index contributed by atoms with van der Waals surface area (Å²) >= 11 is 23.9. The lowest BCUT2D eigenvalue weighted by molar-refractivity contribution is 0.102. The lowest BCUT2D eigenvalue weighted by Gasteiger charge is -2.11. The zero-order valence-corrected chi connectivity index (χ0v) is 16.5. The van der Waals surface area contributed by atoms with Crippen molar-refractivity contribution in [3.8, 4) is 0 Å². The first kappa shape index (κ1) is 19.0. The van der Waals surface area contributed by atoms with Crippen LogP contribution in [0.2, 0.25) is 20.2 Å². The Morgan fingerprint density at radius 3 is 2.46 bits per heavy atom. The standard InChI is InChI=1S/C17H12Cl4N4O/c1-9-7-11(25(24-9)8-10-5-3-2-4-6-10)22-17(26)15-13(19)12(18)14(20)16(21)23-15/h2-7H,8H2,1H3,(H,22,26). The summed E-state index contributed by atoms with van der Waals surface area (Å²) in [5, 5.41) is 6.95. The van der Waals surface area contributed by atoms with Gasteiger partial charge in [-0.2, -0.15) is 5.10 Å². The van der Waals surface area contributed by atoms with E-state index < -0.39 is 5.91 Å². The quantitative estimate of drug-likeness (QED) is 0.557. The van der Waals surface area contributed by atoms with Crippen molar-refractivity contribution in [2.24, 2.45) is 0 Å². The molecule has 0 unspecified atom stereocenters. The number of aryl methyl sites for hydroxylation is 1. The molecular weight excluding hydrogens is 418 g/mol. The van der Waals surface area contributed by atoms with Gasteiger partial charge in [-0.3, -0.25) is 4.79 Å². The van der Waals surface area contributed by atoms with Crippen LogP contribution in [0.15, 0.2) is 36.4 Å². The van der Waals surface area contributed by atoms with E-state index >= 15 is 0 Å². The van der Waals surface area contributed by atoms with Gasteiger partial charge >= 0.3 is 0 Å². The van der Waals surface area contributed by atoms with Crippen molar-refractivity contribution < 1.29 is 4.79 Å². The molecule has 0 aliphatic heterocycles. The summed E-state index contributed by atoms with van der Waals surface area (Å²) in [7, 11) is 0. The zero-order chi connectivity index (χ0) is 18.8. The smallest absolute Gasteiger partial charge is 0.277 e. The molecule has 134 valence electrons. The molecule has 0 saturated heterocycles. The molecule has 2 heterocycles. The number of carbonyl (C=O) groups excluding carboxylic acids is 1. The van der Waals surface area contributed by atoms with Gasteiger partial charge in [0, 0.05) is 6.07 Å². The minimum Gasteiger partial charge on any atom is -0.305 e. The summed E-state index contributed by atoms with van der Waals surface area (Å²) in [6, 6.07) is 11.5. The summed E-state index contributed by atoms with van der Waals surface area (Å²) in [6.07, 6.45) is 0. The maximum absolute atomic E-state index is 12.6. The summed E-state index contributed by atoms with van der Waals surface area (Å²) < 4.78 is 1.68. The molecule has 3 aromatic rings. The van der Waals surface area contributed by atoms with Crippen molar-refractivity contribution >= 4 is 58.1 Å². The van der Waals surface area contributed by atoms with Gasteiger partial charge in [0.2, 0.25) is 0 Å². The van der Waals surface area contributed by atoms with Crippen LogP contribution in [0.25, 0.3) is 0 Å². The van der Waals surface area contributed by atoms with E-state index in [1.165, 1.54) is 0 Å². The molecule has 2 aromatic heterocycles. The lowest BCUT2D eigenvalue weighted by Crippen LogP contribution is -2.18. The summed E-state index contributed by atoms with van der Waals surface area (Å²) in [5.41, 5.74) is 1.68. The second-order valence-electron chi connectivity index (χ2n) is 5.46. The van der Waals surface area contributed by atoms with Crippen LogP contribution in [0.4, 0.5) is 5.82 Å². The van der Waals surface area contributed by atoms with Crippen molar-refractivity contribution in [1.82, 2.24) is 14.8 Å². The Balaban J connectivity index is 1.89. The van der Waals surface area contributed by atoms with Crippen LogP contribution in [0.1, 0.15) is 21.7 Å². The van der Waals surface area contributed by atoms with Gasteiger partial charge in [-0.05, 0) is 12.5 Å². The maximum Gasteiger partial charge on any atom is 0.277 e. The highest BCUT2D eigenvalue weighted by atomic mass is 35.5. The number of hydrogen-bond donors (Lipinski definition) is 1. The first-order valence-electron chi connectivity index (χ1n) is 7.46. The minimum absolute atomic E-state index is 0.000141. The monoisotopic (exact) mass is 428 g/mol. The highest BCUT2D eigenvalue weighted by molar-refractivity contribution is 6.52. The second kappa shape index (κ2) is 7.84. The van der Waals surface area contributed by atoms with Crippen LogP contribution in [-0.2, 0) is 6.54 Å². The molecule has 0 bridgehead atoms. The molecule has 0 spiro atoms. The number of hydrogen-bond acceptors (Lipinski definition) is 3. The Morgan fingerprint density at radius 1 is 1.08 bits per heavy atom. The Hall–Kier alpha value is -1.79. The highest BCUT2D eigenvalue weighted by Gasteiger charge is 2.21. The molecule has 26 heavy (non-hydrogen) atoms. The number of carbonyl (C=O) groups is 1. The van der Waals surface area contributed by atoms with E-state index in [4.69, 9.17) is 46.4 Å². The van der Waals surface area contributed by atoms with E-state index in [0.717, 1.165) is 11.3 Å². The fourth-order valence-corrected chi connectivity index (χ4v) is 3.15. The molecule has 1 amide bonds. The molecule has 0 aliphatic carbocycles. The van der Waals surface area contributed by atoms with Crippen LogP contribution < -0.4 is 5.32 Å². The number of benzene rings is 1. The molecule has 0 atom stereocenters. The molecule has 0 radical (unpaired) electrons. The van der Waals surface area contributed by atoms with Gasteiger partial charge in [0.05, 0.1) is 27.3 Å². The maximum atomic E-state index is 12.6. The highest BCUT2D eigenvalue weighted by Crippen LogP contribution is 2.36. The lowest BCUT2D eigenvalue weighted by atomic mass is 10.2. The fraction of sp³-hybridized carbons (Fsp3) is 0.118. The van der Waals surface area contributed by atoms with Gasteiger partial charge in [0.25, 0.3) is 5.91 Å². The number of aromatic nitrogens is 3. The molecule has 9 heteroatoms. The average molecular weight is 430 g/mol. The van der Waals surface area contributed by atoms with E-state index in [2.05, 4.69) is 15.4 Å². The van der Waals surface area contributed by atoms with Crippen LogP contribution >= 0.6 is 46.4 Å². The van der Waals surface area contributed by atoms with Gasteiger partial charge < -0.3 is 5.32 Å². The Morgan fingerprint density at radius 2 is 1.77 bits per heavy atom. The number of rotatable bonds is 4. The van der Waals surface area contributed by atoms with Gasteiger partial charge in [0.15, 0.2) is 5.69 Å². The summed E-state index contributed by atoms with van der Waals surface area (Å²) in [4.78, 5) is 16.5. The molecule has 1 aromatic carbocycles. The van der Waals surface area contributed by atoms with Crippen molar-refractivity contribution in [2.45, 2.75) is 13.5 Å². The molecule has 5 nitrogen and oxygen atoms in total. The van der Waals surface area contributed by atoms with E-state index in [1.54, 1.807) is 10.7 Å². The fourth-order valence-electron chi connectivity index (χ4n) is 2.34. The SMILES string of the molecule is Cc1cc(NC(=O)c2nc(Cl)c(Cl)c(Cl)c2Cl)n(Cc2ccccc2)n1. The molecule has 3 rings (SSSR count). The third-order valence-corrected chi connectivity index (χ3v) is 5.20. The van der Waals surface area contributed by atoms with Gasteiger partial charge in [-0.15, -0.1) is 0 Å². The predicted molar refractivity (Wildman–Crippen MR) is 105 cm³/mol. The number of nitrogens with zero attached hydrogens (tertiary/aromatic N) is 3. The Kier molecular flexibility index (Phi) is 5.73. The number of nitrogens with one attached hydrogen (secondary N) is 1. The molecule has 0 aliphatic rings. The third-order valence-electron chi connectivity index (χ3n) is 3.52. The molecule has 0 saturated carbocycles. The van der Waals surface area contributed by atoms with Gasteiger partial charge in [-0.1, -0.05) is 76.7 Å². The van der Waals surface area contributed by atoms with Crippen molar-refractivity contribution in [3.05, 3.63) is 73.6 Å². The molecule has 1 N–H and O–H groups in total. The number of amides is 1. The van der Waals surface area contributed by atoms with Crippen LogP contribution in [0.5, 0.6) is 0 Å². The number of anilines is 1. The van der Waals surface area contributed by atoms with E-state index in [1.807, 2.05) is 37.3 Å². The first-order chi connectivity index (χ1) is 12.4.